The summed E-state index contributed by atoms with van der Waals surface area (Å²) in [7, 11) is 0. The van der Waals surface area contributed by atoms with Gasteiger partial charge in [-0.3, -0.25) is 14.4 Å². The maximum Gasteiger partial charge on any atom is 0.306 e. The van der Waals surface area contributed by atoms with Crippen molar-refractivity contribution in [1.29, 1.82) is 0 Å². The van der Waals surface area contributed by atoms with Crippen molar-refractivity contribution in [3.05, 3.63) is 23.8 Å². The monoisotopic (exact) mass is 466 g/mol. The van der Waals surface area contributed by atoms with Crippen LogP contribution in [0.1, 0.15) is 59.3 Å². The number of allylic oxidation sites excluding steroid dienone is 4. The van der Waals surface area contributed by atoms with Crippen LogP contribution in [0.3, 0.4) is 0 Å². The van der Waals surface area contributed by atoms with Gasteiger partial charge in [-0.15, -0.1) is 0 Å². The summed E-state index contributed by atoms with van der Waals surface area (Å²) in [4.78, 5) is 37.4. The molecule has 8 atom stereocenters. The molecule has 33 heavy (non-hydrogen) atoms. The smallest absolute Gasteiger partial charge is 0.306 e. The van der Waals surface area contributed by atoms with E-state index in [4.69, 9.17) is 4.74 Å². The number of halogens is 2. The molecule has 182 valence electrons. The molecular weight excluding hydrogens is 434 g/mol. The molecule has 0 bridgehead atoms. The van der Waals surface area contributed by atoms with Crippen molar-refractivity contribution in [1.82, 2.24) is 0 Å². The highest BCUT2D eigenvalue weighted by atomic mass is 19.1. The van der Waals surface area contributed by atoms with Crippen molar-refractivity contribution in [2.24, 2.45) is 22.7 Å². The highest BCUT2D eigenvalue weighted by Gasteiger charge is 2.76. The Kier molecular flexibility index (Phi) is 5.72. The van der Waals surface area contributed by atoms with Crippen LogP contribution in [-0.2, 0) is 19.1 Å². The predicted molar refractivity (Wildman–Crippen MR) is 114 cm³/mol. The van der Waals surface area contributed by atoms with E-state index in [2.05, 4.69) is 0 Å². The number of carbonyl (C=O) groups excluding carboxylic acids is 3. The van der Waals surface area contributed by atoms with E-state index in [1.807, 2.05) is 0 Å². The van der Waals surface area contributed by atoms with Crippen molar-refractivity contribution in [3.63, 3.8) is 0 Å². The Labute approximate surface area is 192 Å². The van der Waals surface area contributed by atoms with Crippen LogP contribution in [0.5, 0.6) is 0 Å². The minimum absolute atomic E-state index is 0.0291. The van der Waals surface area contributed by atoms with Crippen molar-refractivity contribution in [3.8, 4) is 0 Å². The summed E-state index contributed by atoms with van der Waals surface area (Å²) in [6.45, 7) is 4.13. The quantitative estimate of drug-likeness (QED) is 0.605. The lowest BCUT2D eigenvalue weighted by Crippen LogP contribution is -2.70. The summed E-state index contributed by atoms with van der Waals surface area (Å²) >= 11 is 0. The third-order valence-corrected chi connectivity index (χ3v) is 9.08. The number of ether oxygens (including phenoxy) is 1. The molecule has 0 aromatic heterocycles. The number of rotatable bonds is 5. The van der Waals surface area contributed by atoms with Gasteiger partial charge >= 0.3 is 5.97 Å². The average Bonchev–Trinajstić information content (AvgIpc) is 3.04. The Balaban J connectivity index is 1.82. The van der Waals surface area contributed by atoms with Crippen LogP contribution in [0.15, 0.2) is 23.8 Å². The van der Waals surface area contributed by atoms with Crippen LogP contribution < -0.4 is 0 Å². The number of esters is 1. The minimum atomic E-state index is -2.27. The fourth-order valence-electron chi connectivity index (χ4n) is 7.45. The van der Waals surface area contributed by atoms with Gasteiger partial charge in [0, 0.05) is 23.2 Å². The molecule has 4 aliphatic rings. The molecule has 2 N–H and O–H groups in total. The molecular formula is C25H32F2O6. The molecule has 0 heterocycles. The first-order chi connectivity index (χ1) is 15.4. The number of aliphatic hydroxyl groups is 2. The van der Waals surface area contributed by atoms with Gasteiger partial charge in [-0.1, -0.05) is 19.9 Å². The largest absolute Gasteiger partial charge is 0.450 e. The molecule has 1 unspecified atom stereocenters. The van der Waals surface area contributed by atoms with Gasteiger partial charge in [-0.25, -0.2) is 8.78 Å². The minimum Gasteiger partial charge on any atom is -0.450 e. The van der Waals surface area contributed by atoms with Crippen molar-refractivity contribution in [2.45, 2.75) is 82.8 Å². The topological polar surface area (TPSA) is 101 Å². The summed E-state index contributed by atoms with van der Waals surface area (Å²) in [6.07, 6.45) is 1.01. The second kappa shape index (κ2) is 7.80. The van der Waals surface area contributed by atoms with Crippen LogP contribution in [0.2, 0.25) is 0 Å². The maximum atomic E-state index is 17.1. The summed E-state index contributed by atoms with van der Waals surface area (Å²) in [5.41, 5.74) is -6.64. The lowest BCUT2D eigenvalue weighted by molar-refractivity contribution is -0.229. The zero-order valence-corrected chi connectivity index (χ0v) is 19.3. The molecule has 0 aromatic rings. The Hall–Kier alpha value is -1.93. The van der Waals surface area contributed by atoms with Crippen LogP contribution in [0.4, 0.5) is 8.78 Å². The van der Waals surface area contributed by atoms with Crippen molar-refractivity contribution < 1.29 is 38.1 Å². The van der Waals surface area contributed by atoms with E-state index in [-0.39, 0.29) is 37.7 Å². The summed E-state index contributed by atoms with van der Waals surface area (Å²) in [6, 6.07) is 0. The Morgan fingerprint density at radius 2 is 1.97 bits per heavy atom. The average molecular weight is 467 g/mol. The summed E-state index contributed by atoms with van der Waals surface area (Å²) in [5, 5.41) is 21.0. The standard InChI is InChI=1S/C25H32F2O6/c1-4-5-21(32)33-24(20(31)13-28)9-7-15-16-11-18(26)17-10-14(29)6-8-22(17,2)25(16,27)19(30)12-23(15,24)3/h6,8,10,15-16,18-19,28,30H,4-5,7,9,11-13H2,1-3H3/t15-,16-,18?,19-,22-,23-,24+,25-/m0/s1. The molecule has 4 aliphatic carbocycles. The van der Waals surface area contributed by atoms with E-state index in [9.17, 15) is 24.6 Å². The maximum absolute atomic E-state index is 17.1. The summed E-state index contributed by atoms with van der Waals surface area (Å²) in [5.74, 6) is -3.24. The van der Waals surface area contributed by atoms with Crippen LogP contribution in [0.25, 0.3) is 0 Å². The first-order valence-electron chi connectivity index (χ1n) is 11.7. The molecule has 0 aromatic carbocycles. The second-order valence-electron chi connectivity index (χ2n) is 10.5. The number of fused-ring (bicyclic) bond motifs is 5. The third kappa shape index (κ3) is 2.99. The first-order valence-corrected chi connectivity index (χ1v) is 11.7. The highest BCUT2D eigenvalue weighted by molar-refractivity contribution is 6.01. The Bertz CT molecular complexity index is 945. The van der Waals surface area contributed by atoms with Gasteiger partial charge in [0.05, 0.1) is 6.10 Å². The van der Waals surface area contributed by atoms with E-state index in [1.54, 1.807) is 13.8 Å². The molecule has 0 radical (unpaired) electrons. The number of hydrogen-bond acceptors (Lipinski definition) is 6. The molecule has 3 fully saturated rings. The fourth-order valence-corrected chi connectivity index (χ4v) is 7.45. The molecule has 0 amide bonds. The molecule has 8 heteroatoms. The van der Waals surface area contributed by atoms with Crippen LogP contribution >= 0.6 is 0 Å². The zero-order valence-electron chi connectivity index (χ0n) is 19.3. The summed E-state index contributed by atoms with van der Waals surface area (Å²) < 4.78 is 38.3. The van der Waals surface area contributed by atoms with Gasteiger partial charge < -0.3 is 14.9 Å². The predicted octanol–water partition coefficient (Wildman–Crippen LogP) is 2.95. The van der Waals surface area contributed by atoms with Gasteiger partial charge in [0.15, 0.2) is 17.1 Å². The SMILES string of the molecule is CCCC(=O)O[C@@]1(C(=O)CO)CC[C@H]2[C@@H]3CC(F)C4=CC(=O)C=C[C@]4(C)[C@@]3(F)[C@@H](O)C[C@@]21C. The van der Waals surface area contributed by atoms with E-state index < -0.39 is 70.4 Å². The molecule has 0 aliphatic heterocycles. The molecule has 4 rings (SSSR count). The van der Waals surface area contributed by atoms with Gasteiger partial charge in [0.2, 0.25) is 5.78 Å². The zero-order chi connectivity index (χ0) is 24.4. The Morgan fingerprint density at radius 3 is 2.61 bits per heavy atom. The van der Waals surface area contributed by atoms with Crippen LogP contribution in [-0.4, -0.2) is 57.9 Å². The lowest BCUT2D eigenvalue weighted by atomic mass is 9.44. The number of hydrogen-bond donors (Lipinski definition) is 2. The molecule has 0 saturated heterocycles. The number of aliphatic hydroxyl groups excluding tert-OH is 2. The van der Waals surface area contributed by atoms with Gasteiger partial charge in [-0.2, -0.15) is 0 Å². The van der Waals surface area contributed by atoms with E-state index in [0.29, 0.717) is 6.42 Å². The number of carbonyl (C=O) groups is 3. The van der Waals surface area contributed by atoms with Crippen molar-refractivity contribution >= 4 is 17.5 Å². The van der Waals surface area contributed by atoms with E-state index in [0.717, 1.165) is 6.08 Å². The highest BCUT2D eigenvalue weighted by Crippen LogP contribution is 2.70. The normalized spacial score (nSPS) is 46.2. The van der Waals surface area contributed by atoms with Gasteiger partial charge in [0.25, 0.3) is 0 Å². The van der Waals surface area contributed by atoms with Crippen molar-refractivity contribution in [2.75, 3.05) is 6.61 Å². The third-order valence-electron chi connectivity index (χ3n) is 9.08. The molecule has 6 nitrogen and oxygen atoms in total. The van der Waals surface area contributed by atoms with Gasteiger partial charge in [0.1, 0.15) is 12.8 Å². The number of ketones is 2. The van der Waals surface area contributed by atoms with E-state index >= 15 is 8.78 Å². The fraction of sp³-hybridized carbons (Fsp3) is 0.720. The van der Waals surface area contributed by atoms with E-state index in [1.165, 1.54) is 19.1 Å². The van der Waals surface area contributed by atoms with Gasteiger partial charge in [-0.05, 0) is 62.7 Å². The molecule has 0 spiro atoms. The number of Topliss-reactive ketones (excluding diaryl/α,β-unsaturated/α-hetero) is 1. The molecule has 3 saturated carbocycles. The van der Waals surface area contributed by atoms with Crippen LogP contribution in [0, 0.1) is 22.7 Å². The lowest BCUT2D eigenvalue weighted by Gasteiger charge is -2.63. The first kappa shape index (κ1) is 24.2. The second-order valence-corrected chi connectivity index (χ2v) is 10.5. The Morgan fingerprint density at radius 1 is 1.27 bits per heavy atom. The number of alkyl halides is 2.